The van der Waals surface area contributed by atoms with Crippen LogP contribution in [0.2, 0.25) is 10.0 Å². The van der Waals surface area contributed by atoms with Crippen LogP contribution in [0.3, 0.4) is 0 Å². The molecule has 0 spiro atoms. The Hall–Kier alpha value is -5.68. The molecule has 0 aliphatic carbocycles. The molecule has 0 saturated heterocycles. The molecule has 0 fully saturated rings. The van der Waals surface area contributed by atoms with Crippen molar-refractivity contribution < 1.29 is 0 Å². The fraction of sp³-hybridized carbons (Fsp3) is 0. The number of nitrogens with zero attached hydrogens (tertiary/aromatic N) is 4. The van der Waals surface area contributed by atoms with Gasteiger partial charge in [0.25, 0.3) is 0 Å². The van der Waals surface area contributed by atoms with Crippen LogP contribution >= 0.6 is 23.2 Å². The highest BCUT2D eigenvalue weighted by Crippen LogP contribution is 2.44. The SMILES string of the molecule is Clc1ccccc1-c1nc(-c2ccccc2)c(-c2ccccc2)n1-n1c(-c2ccccc2Cl)nc(-c2ccccc2)c1-c1ccccc1. The van der Waals surface area contributed by atoms with Crippen molar-refractivity contribution in [1.29, 1.82) is 0 Å². The van der Waals surface area contributed by atoms with Gasteiger partial charge in [0.05, 0.1) is 32.8 Å². The molecular weight excluding hydrogens is 631 g/mol. The second-order valence-electron chi connectivity index (χ2n) is 11.3. The van der Waals surface area contributed by atoms with E-state index in [1.165, 1.54) is 0 Å². The van der Waals surface area contributed by atoms with Crippen molar-refractivity contribution in [2.75, 3.05) is 0 Å². The van der Waals surface area contributed by atoms with Crippen LogP contribution in [0.5, 0.6) is 0 Å². The van der Waals surface area contributed by atoms with Crippen molar-refractivity contribution in [3.63, 3.8) is 0 Å². The minimum Gasteiger partial charge on any atom is -0.226 e. The Morgan fingerprint density at radius 1 is 0.333 bits per heavy atom. The molecule has 0 unspecified atom stereocenters. The lowest BCUT2D eigenvalue weighted by Gasteiger charge is -2.21. The van der Waals surface area contributed by atoms with E-state index in [-0.39, 0.29) is 0 Å². The van der Waals surface area contributed by atoms with Crippen molar-refractivity contribution in [2.24, 2.45) is 0 Å². The highest BCUT2D eigenvalue weighted by atomic mass is 35.5. The third kappa shape index (κ3) is 5.31. The van der Waals surface area contributed by atoms with E-state index in [9.17, 15) is 0 Å². The van der Waals surface area contributed by atoms with E-state index in [1.54, 1.807) is 0 Å². The van der Waals surface area contributed by atoms with Gasteiger partial charge in [-0.15, -0.1) is 0 Å². The number of hydrogen-bond donors (Lipinski definition) is 0. The summed E-state index contributed by atoms with van der Waals surface area (Å²) in [5.41, 5.74) is 8.92. The molecule has 8 aromatic rings. The van der Waals surface area contributed by atoms with Gasteiger partial charge in [0.1, 0.15) is 0 Å². The fourth-order valence-corrected chi connectivity index (χ4v) is 6.59. The van der Waals surface area contributed by atoms with Crippen molar-refractivity contribution >= 4 is 23.2 Å². The maximum atomic E-state index is 7.01. The molecule has 0 N–H and O–H groups in total. The normalized spacial score (nSPS) is 11.1. The molecule has 230 valence electrons. The summed E-state index contributed by atoms with van der Waals surface area (Å²) in [4.78, 5) is 10.9. The number of halogens is 2. The molecule has 2 heterocycles. The summed E-state index contributed by atoms with van der Waals surface area (Å²) >= 11 is 14.0. The molecule has 0 amide bonds. The van der Waals surface area contributed by atoms with Gasteiger partial charge in [-0.2, -0.15) is 0 Å². The molecule has 48 heavy (non-hydrogen) atoms. The summed E-state index contributed by atoms with van der Waals surface area (Å²) in [5.74, 6) is 1.33. The molecule has 6 aromatic carbocycles. The van der Waals surface area contributed by atoms with Crippen LogP contribution in [-0.2, 0) is 0 Å². The van der Waals surface area contributed by atoms with Crippen LogP contribution in [0.25, 0.3) is 67.8 Å². The Morgan fingerprint density at radius 2 is 0.625 bits per heavy atom. The predicted octanol–water partition coefficient (Wildman–Crippen LogP) is 11.7. The quantitative estimate of drug-likeness (QED) is 0.171. The van der Waals surface area contributed by atoms with E-state index in [2.05, 4.69) is 57.9 Å². The topological polar surface area (TPSA) is 35.6 Å². The Balaban J connectivity index is 1.62. The number of aromatic nitrogens is 4. The molecule has 0 aliphatic rings. The van der Waals surface area contributed by atoms with Crippen LogP contribution in [0.1, 0.15) is 0 Å². The lowest BCUT2D eigenvalue weighted by Crippen LogP contribution is -2.16. The number of hydrogen-bond acceptors (Lipinski definition) is 2. The summed E-state index contributed by atoms with van der Waals surface area (Å²) in [6.45, 7) is 0. The Kier molecular flexibility index (Phi) is 7.95. The summed E-state index contributed by atoms with van der Waals surface area (Å²) < 4.78 is 4.33. The molecule has 0 aliphatic heterocycles. The molecule has 6 heteroatoms. The fourth-order valence-electron chi connectivity index (χ4n) is 6.15. The van der Waals surface area contributed by atoms with E-state index in [0.29, 0.717) is 21.7 Å². The van der Waals surface area contributed by atoms with Crippen molar-refractivity contribution in [2.45, 2.75) is 0 Å². The number of rotatable bonds is 7. The Labute approximate surface area is 289 Å². The van der Waals surface area contributed by atoms with Gasteiger partial charge in [-0.25, -0.2) is 19.3 Å². The zero-order valence-corrected chi connectivity index (χ0v) is 27.2. The van der Waals surface area contributed by atoms with E-state index in [0.717, 1.165) is 56.2 Å². The first-order valence-electron chi connectivity index (χ1n) is 15.7. The van der Waals surface area contributed by atoms with E-state index in [1.807, 2.05) is 121 Å². The van der Waals surface area contributed by atoms with Gasteiger partial charge in [-0.3, -0.25) is 0 Å². The second-order valence-corrected chi connectivity index (χ2v) is 12.1. The zero-order chi connectivity index (χ0) is 32.5. The number of imidazole rings is 2. The average molecular weight is 660 g/mol. The molecule has 8 rings (SSSR count). The van der Waals surface area contributed by atoms with Crippen LogP contribution in [-0.4, -0.2) is 19.3 Å². The van der Waals surface area contributed by atoms with E-state index < -0.39 is 0 Å². The van der Waals surface area contributed by atoms with Crippen molar-refractivity contribution in [3.05, 3.63) is 180 Å². The van der Waals surface area contributed by atoms with Crippen molar-refractivity contribution in [3.8, 4) is 67.8 Å². The molecule has 0 atom stereocenters. The summed E-state index contributed by atoms with van der Waals surface area (Å²) in [5, 5.41) is 1.18. The molecule has 0 radical (unpaired) electrons. The van der Waals surface area contributed by atoms with E-state index >= 15 is 0 Å². The van der Waals surface area contributed by atoms with Gasteiger partial charge in [-0.05, 0) is 24.3 Å². The molecule has 0 bridgehead atoms. The van der Waals surface area contributed by atoms with Crippen molar-refractivity contribution in [1.82, 2.24) is 19.3 Å². The van der Waals surface area contributed by atoms with Crippen LogP contribution < -0.4 is 0 Å². The van der Waals surface area contributed by atoms with Gasteiger partial charge < -0.3 is 0 Å². The first kappa shape index (κ1) is 29.7. The second kappa shape index (κ2) is 12.8. The first-order valence-corrected chi connectivity index (χ1v) is 16.4. The average Bonchev–Trinajstić information content (AvgIpc) is 3.73. The minimum absolute atomic E-state index is 0.590. The Bertz CT molecular complexity index is 2180. The van der Waals surface area contributed by atoms with Gasteiger partial charge in [0.2, 0.25) is 0 Å². The van der Waals surface area contributed by atoms with Gasteiger partial charge >= 0.3 is 0 Å². The lowest BCUT2D eigenvalue weighted by molar-refractivity contribution is 0.687. The van der Waals surface area contributed by atoms with E-state index in [4.69, 9.17) is 33.2 Å². The van der Waals surface area contributed by atoms with Gasteiger partial charge in [-0.1, -0.05) is 169 Å². The Morgan fingerprint density at radius 3 is 0.958 bits per heavy atom. The first-order chi connectivity index (χ1) is 23.7. The number of benzene rings is 6. The molecular formula is C42H28Cl2N4. The van der Waals surface area contributed by atoms with Gasteiger partial charge in [0.15, 0.2) is 11.6 Å². The summed E-state index contributed by atoms with van der Waals surface area (Å²) in [6.07, 6.45) is 0. The predicted molar refractivity (Wildman–Crippen MR) is 198 cm³/mol. The molecule has 4 nitrogen and oxygen atoms in total. The smallest absolute Gasteiger partial charge is 0.162 e. The standard InChI is InChI=1S/C42H28Cl2N4/c43-35-27-15-13-25-33(35)41-45-37(29-17-5-1-6-18-29)39(31-21-9-3-10-22-31)47(41)48-40(32-23-11-4-12-24-32)38(30-19-7-2-8-20-30)46-42(48)34-26-14-16-28-36(34)44/h1-28H. The maximum Gasteiger partial charge on any atom is 0.162 e. The summed E-state index contributed by atoms with van der Waals surface area (Å²) in [7, 11) is 0. The highest BCUT2D eigenvalue weighted by Gasteiger charge is 2.30. The third-order valence-corrected chi connectivity index (χ3v) is 8.99. The molecule has 0 saturated carbocycles. The largest absolute Gasteiger partial charge is 0.226 e. The van der Waals surface area contributed by atoms with Crippen LogP contribution in [0, 0.1) is 0 Å². The van der Waals surface area contributed by atoms with Gasteiger partial charge in [0, 0.05) is 33.4 Å². The third-order valence-electron chi connectivity index (χ3n) is 8.33. The van der Waals surface area contributed by atoms with Crippen LogP contribution in [0.15, 0.2) is 170 Å². The summed E-state index contributed by atoms with van der Waals surface area (Å²) in [6, 6.07) is 56.9. The minimum atomic E-state index is 0.590. The zero-order valence-electron chi connectivity index (χ0n) is 25.7. The van der Waals surface area contributed by atoms with Crippen LogP contribution in [0.4, 0.5) is 0 Å². The maximum absolute atomic E-state index is 7.01. The lowest BCUT2D eigenvalue weighted by atomic mass is 10.0. The highest BCUT2D eigenvalue weighted by molar-refractivity contribution is 6.33. The monoisotopic (exact) mass is 658 g/mol. The molecule has 2 aromatic heterocycles.